The monoisotopic (exact) mass is 334 g/mol. The molecule has 2 atom stereocenters. The van der Waals surface area contributed by atoms with Gasteiger partial charge in [-0.25, -0.2) is 4.79 Å². The number of fused-ring (bicyclic) bond motifs is 1. The summed E-state index contributed by atoms with van der Waals surface area (Å²) in [5, 5.41) is 29.6. The molecule has 1 aromatic carbocycles. The van der Waals surface area contributed by atoms with Crippen LogP contribution in [0.5, 0.6) is 11.5 Å². The number of carbonyl (C=O) groups is 2. The number of hydrogen-bond acceptors (Lipinski definition) is 6. The third kappa shape index (κ3) is 4.58. The standard InChI is InChI=1S/C18H22O6/c1-11-15(21)7-5-3-2-4-6-13(19)8-12-9-14(20)10-16(22)17(12)18(23)24-11/h5,7,9-11,15,20-22H,2-4,6,8H2,1H3/b7-5+/t11-,15+/m1/s1. The topological polar surface area (TPSA) is 104 Å². The van der Waals surface area contributed by atoms with Crippen molar-refractivity contribution in [3.8, 4) is 11.5 Å². The lowest BCUT2D eigenvalue weighted by Crippen LogP contribution is -2.27. The molecular weight excluding hydrogens is 312 g/mol. The lowest BCUT2D eigenvalue weighted by atomic mass is 9.98. The Hall–Kier alpha value is -2.34. The number of cyclic esters (lactones) is 1. The highest BCUT2D eigenvalue weighted by atomic mass is 16.6. The van der Waals surface area contributed by atoms with Crippen LogP contribution in [0.15, 0.2) is 24.3 Å². The molecule has 0 unspecified atom stereocenters. The van der Waals surface area contributed by atoms with Crippen LogP contribution in [-0.2, 0) is 16.0 Å². The lowest BCUT2D eigenvalue weighted by molar-refractivity contribution is -0.118. The molecule has 0 aromatic heterocycles. The van der Waals surface area contributed by atoms with Crippen LogP contribution in [0.2, 0.25) is 0 Å². The number of esters is 1. The third-order valence-corrected chi connectivity index (χ3v) is 3.96. The van der Waals surface area contributed by atoms with Gasteiger partial charge in [-0.05, 0) is 37.8 Å². The van der Waals surface area contributed by atoms with Crippen LogP contribution in [0, 0.1) is 0 Å². The van der Waals surface area contributed by atoms with Gasteiger partial charge in [0.1, 0.15) is 35.1 Å². The number of hydrogen-bond donors (Lipinski definition) is 3. The Labute approximate surface area is 140 Å². The van der Waals surface area contributed by atoms with Gasteiger partial charge in [0.15, 0.2) is 0 Å². The molecule has 0 bridgehead atoms. The number of allylic oxidation sites excluding steroid dienone is 1. The van der Waals surface area contributed by atoms with E-state index in [0.717, 1.165) is 18.9 Å². The van der Waals surface area contributed by atoms with Crippen LogP contribution in [0.4, 0.5) is 0 Å². The van der Waals surface area contributed by atoms with Crippen molar-refractivity contribution in [3.05, 3.63) is 35.4 Å². The van der Waals surface area contributed by atoms with Crippen molar-refractivity contribution < 1.29 is 29.6 Å². The number of aromatic hydroxyl groups is 2. The Kier molecular flexibility index (Phi) is 5.98. The average molecular weight is 334 g/mol. The fourth-order valence-corrected chi connectivity index (χ4v) is 2.62. The van der Waals surface area contributed by atoms with E-state index in [1.807, 2.05) is 0 Å². The number of phenols is 2. The fraction of sp³-hybridized carbons (Fsp3) is 0.444. The predicted octanol–water partition coefficient (Wildman–Crippen LogP) is 2.25. The van der Waals surface area contributed by atoms with Crippen LogP contribution < -0.4 is 0 Å². The summed E-state index contributed by atoms with van der Waals surface area (Å²) in [7, 11) is 0. The van der Waals surface area contributed by atoms with Crippen molar-refractivity contribution in [2.75, 3.05) is 0 Å². The first-order valence-corrected chi connectivity index (χ1v) is 8.00. The molecular formula is C18H22O6. The minimum absolute atomic E-state index is 0.0703. The summed E-state index contributed by atoms with van der Waals surface area (Å²) < 4.78 is 5.20. The molecule has 0 saturated heterocycles. The maximum absolute atomic E-state index is 12.4. The van der Waals surface area contributed by atoms with Crippen molar-refractivity contribution in [2.45, 2.75) is 51.2 Å². The van der Waals surface area contributed by atoms with Crippen molar-refractivity contribution in [3.63, 3.8) is 0 Å². The second-order valence-corrected chi connectivity index (χ2v) is 5.99. The van der Waals surface area contributed by atoms with Crippen molar-refractivity contribution in [1.29, 1.82) is 0 Å². The van der Waals surface area contributed by atoms with Crippen LogP contribution >= 0.6 is 0 Å². The zero-order chi connectivity index (χ0) is 17.7. The quantitative estimate of drug-likeness (QED) is 0.496. The fourth-order valence-electron chi connectivity index (χ4n) is 2.62. The normalized spacial score (nSPS) is 24.6. The van der Waals surface area contributed by atoms with E-state index in [9.17, 15) is 24.9 Å². The van der Waals surface area contributed by atoms with Crippen molar-refractivity contribution in [1.82, 2.24) is 0 Å². The van der Waals surface area contributed by atoms with Gasteiger partial charge >= 0.3 is 5.97 Å². The number of phenolic OH excluding ortho intramolecular Hbond substituents is 2. The highest BCUT2D eigenvalue weighted by molar-refractivity contribution is 5.96. The minimum atomic E-state index is -0.957. The molecule has 6 nitrogen and oxygen atoms in total. The Morgan fingerprint density at radius 2 is 1.92 bits per heavy atom. The molecule has 2 rings (SSSR count). The Bertz CT molecular complexity index is 649. The molecule has 130 valence electrons. The molecule has 0 fully saturated rings. The summed E-state index contributed by atoms with van der Waals surface area (Å²) in [5.74, 6) is -1.61. The van der Waals surface area contributed by atoms with Crippen molar-refractivity contribution >= 4 is 11.8 Å². The van der Waals surface area contributed by atoms with Gasteiger partial charge in [0.05, 0.1) is 0 Å². The Morgan fingerprint density at radius 3 is 2.67 bits per heavy atom. The molecule has 1 aliphatic rings. The number of Topliss-reactive ketones (excluding diaryl/α,β-unsaturated/α-hetero) is 1. The summed E-state index contributed by atoms with van der Waals surface area (Å²) in [6, 6.07) is 2.30. The molecule has 3 N–H and O–H groups in total. The van der Waals surface area contributed by atoms with E-state index in [1.165, 1.54) is 6.07 Å². The SMILES string of the molecule is C[C@H]1OC(=O)c2c(O)cc(O)cc2CC(=O)CCCC/C=C/[C@@H]1O. The van der Waals surface area contributed by atoms with Crippen LogP contribution in [0.25, 0.3) is 0 Å². The number of rotatable bonds is 0. The number of aliphatic hydroxyl groups excluding tert-OH is 1. The average Bonchev–Trinajstić information content (AvgIpc) is 2.48. The largest absolute Gasteiger partial charge is 0.508 e. The number of ether oxygens (including phenoxy) is 1. The molecule has 0 saturated carbocycles. The predicted molar refractivity (Wildman–Crippen MR) is 87.0 cm³/mol. The molecule has 1 aromatic rings. The van der Waals surface area contributed by atoms with Gasteiger partial charge in [-0.2, -0.15) is 0 Å². The molecule has 24 heavy (non-hydrogen) atoms. The highest BCUT2D eigenvalue weighted by Crippen LogP contribution is 2.29. The van der Waals surface area contributed by atoms with E-state index in [1.54, 1.807) is 19.1 Å². The molecule has 1 heterocycles. The van der Waals surface area contributed by atoms with Crippen LogP contribution in [0.1, 0.15) is 48.5 Å². The summed E-state index contributed by atoms with van der Waals surface area (Å²) >= 11 is 0. The number of benzene rings is 1. The second-order valence-electron chi connectivity index (χ2n) is 5.99. The van der Waals surface area contributed by atoms with E-state index in [2.05, 4.69) is 0 Å². The molecule has 0 aliphatic carbocycles. The molecule has 0 radical (unpaired) electrons. The van der Waals surface area contributed by atoms with Gasteiger partial charge in [0, 0.05) is 18.9 Å². The number of ketones is 1. The maximum Gasteiger partial charge on any atom is 0.342 e. The van der Waals surface area contributed by atoms with Gasteiger partial charge < -0.3 is 20.1 Å². The summed E-state index contributed by atoms with van der Waals surface area (Å²) in [6.07, 6.45) is 4.09. The maximum atomic E-state index is 12.4. The van der Waals surface area contributed by atoms with Crippen molar-refractivity contribution in [2.24, 2.45) is 0 Å². The van der Waals surface area contributed by atoms with E-state index >= 15 is 0 Å². The number of carbonyl (C=O) groups excluding carboxylic acids is 2. The first-order valence-electron chi connectivity index (χ1n) is 8.00. The summed E-state index contributed by atoms with van der Waals surface area (Å²) in [4.78, 5) is 24.4. The van der Waals surface area contributed by atoms with Gasteiger partial charge in [-0.1, -0.05) is 12.2 Å². The van der Waals surface area contributed by atoms with E-state index in [4.69, 9.17) is 4.74 Å². The van der Waals surface area contributed by atoms with Gasteiger partial charge in [-0.3, -0.25) is 4.79 Å². The lowest BCUT2D eigenvalue weighted by Gasteiger charge is -2.19. The molecule has 1 aliphatic heterocycles. The van der Waals surface area contributed by atoms with E-state index < -0.39 is 23.9 Å². The molecule has 6 heteroatoms. The zero-order valence-electron chi connectivity index (χ0n) is 13.6. The zero-order valence-corrected chi connectivity index (χ0v) is 13.6. The Balaban J connectivity index is 2.38. The Morgan fingerprint density at radius 1 is 1.17 bits per heavy atom. The first-order chi connectivity index (χ1) is 11.4. The number of aliphatic hydroxyl groups is 1. The summed E-state index contributed by atoms with van der Waals surface area (Å²) in [5.41, 5.74) is 0.0676. The van der Waals surface area contributed by atoms with Gasteiger partial charge in [0.25, 0.3) is 0 Å². The second kappa shape index (κ2) is 7.97. The van der Waals surface area contributed by atoms with E-state index in [-0.39, 0.29) is 29.1 Å². The molecule has 0 amide bonds. The summed E-state index contributed by atoms with van der Waals surface area (Å²) in [6.45, 7) is 1.54. The van der Waals surface area contributed by atoms with Gasteiger partial charge in [0.2, 0.25) is 0 Å². The first kappa shape index (κ1) is 18.0. The smallest absolute Gasteiger partial charge is 0.342 e. The van der Waals surface area contributed by atoms with Crippen LogP contribution in [0.3, 0.4) is 0 Å². The van der Waals surface area contributed by atoms with Gasteiger partial charge in [-0.15, -0.1) is 0 Å². The minimum Gasteiger partial charge on any atom is -0.508 e. The van der Waals surface area contributed by atoms with E-state index in [0.29, 0.717) is 12.8 Å². The molecule has 0 spiro atoms. The van der Waals surface area contributed by atoms with Crippen LogP contribution in [-0.4, -0.2) is 39.3 Å². The third-order valence-electron chi connectivity index (χ3n) is 3.96. The highest BCUT2D eigenvalue weighted by Gasteiger charge is 2.24.